The van der Waals surface area contributed by atoms with Crippen LogP contribution in [0.1, 0.15) is 56.7 Å². The van der Waals surface area contributed by atoms with Crippen molar-refractivity contribution in [3.63, 3.8) is 0 Å². The first-order chi connectivity index (χ1) is 14.8. The van der Waals surface area contributed by atoms with Crippen molar-refractivity contribution in [1.29, 1.82) is 0 Å². The molecular weight excluding hydrogens is 396 g/mol. The van der Waals surface area contributed by atoms with E-state index >= 15 is 0 Å². The Labute approximate surface area is 179 Å². The second-order valence-electron chi connectivity index (χ2n) is 8.00. The maximum atomic E-state index is 13.1. The van der Waals surface area contributed by atoms with Crippen LogP contribution in [-0.2, 0) is 27.3 Å². The standard InChI is InChI=1S/C24H22N2O5/c1-14-5-7-15(8-6-14)11-21(29)25-13-16-3-2-4-18-22(16)24(31)26(23(18)30)19-10-9-17(27)12-20(19)28/h2-8,19H,9-13H2,1H3,(H,25,29). The summed E-state index contributed by atoms with van der Waals surface area (Å²) in [6.07, 6.45) is 0.288. The Morgan fingerprint density at radius 2 is 1.77 bits per heavy atom. The summed E-state index contributed by atoms with van der Waals surface area (Å²) in [4.78, 5) is 63.1. The monoisotopic (exact) mass is 418 g/mol. The van der Waals surface area contributed by atoms with E-state index in [1.807, 2.05) is 31.2 Å². The fourth-order valence-corrected chi connectivity index (χ4v) is 4.08. The Morgan fingerprint density at radius 3 is 2.48 bits per heavy atom. The summed E-state index contributed by atoms with van der Waals surface area (Å²) in [5.74, 6) is -1.85. The molecule has 158 valence electrons. The minimum Gasteiger partial charge on any atom is -0.352 e. The molecular formula is C24H22N2O5. The molecule has 7 heteroatoms. The average molecular weight is 418 g/mol. The number of hydrogen-bond donors (Lipinski definition) is 1. The van der Waals surface area contributed by atoms with E-state index in [0.29, 0.717) is 5.56 Å². The van der Waals surface area contributed by atoms with Crippen LogP contribution in [0.15, 0.2) is 42.5 Å². The molecule has 1 saturated carbocycles. The van der Waals surface area contributed by atoms with Crippen LogP contribution in [0.3, 0.4) is 0 Å². The van der Waals surface area contributed by atoms with Crippen LogP contribution in [0.4, 0.5) is 0 Å². The largest absolute Gasteiger partial charge is 0.352 e. The molecule has 0 saturated heterocycles. The smallest absolute Gasteiger partial charge is 0.262 e. The first-order valence-corrected chi connectivity index (χ1v) is 10.2. The van der Waals surface area contributed by atoms with Crippen molar-refractivity contribution in [3.8, 4) is 0 Å². The predicted molar refractivity (Wildman–Crippen MR) is 111 cm³/mol. The minimum absolute atomic E-state index is 0.0951. The average Bonchev–Trinajstić information content (AvgIpc) is 2.99. The summed E-state index contributed by atoms with van der Waals surface area (Å²) in [7, 11) is 0. The lowest BCUT2D eigenvalue weighted by atomic mass is 9.92. The molecule has 1 fully saturated rings. The summed E-state index contributed by atoms with van der Waals surface area (Å²) in [5, 5.41) is 2.80. The van der Waals surface area contributed by atoms with E-state index in [4.69, 9.17) is 0 Å². The number of nitrogens with zero attached hydrogens (tertiary/aromatic N) is 1. The minimum atomic E-state index is -0.908. The third-order valence-corrected chi connectivity index (χ3v) is 5.75. The Kier molecular flexibility index (Phi) is 5.50. The van der Waals surface area contributed by atoms with E-state index in [1.54, 1.807) is 18.2 Å². The maximum absolute atomic E-state index is 13.1. The van der Waals surface area contributed by atoms with Gasteiger partial charge in [-0.1, -0.05) is 42.0 Å². The first kappa shape index (κ1) is 20.7. The molecule has 7 nitrogen and oxygen atoms in total. The quantitative estimate of drug-likeness (QED) is 0.592. The summed E-state index contributed by atoms with van der Waals surface area (Å²) in [6.45, 7) is 2.07. The van der Waals surface area contributed by atoms with Gasteiger partial charge in [-0.3, -0.25) is 28.9 Å². The fourth-order valence-electron chi connectivity index (χ4n) is 4.08. The molecule has 1 unspecified atom stereocenters. The molecule has 0 spiro atoms. The second kappa shape index (κ2) is 8.26. The summed E-state index contributed by atoms with van der Waals surface area (Å²) < 4.78 is 0. The number of Topliss-reactive ketones (excluding diaryl/α,β-unsaturated/α-hetero) is 2. The summed E-state index contributed by atoms with van der Waals surface area (Å²) >= 11 is 0. The lowest BCUT2D eigenvalue weighted by Gasteiger charge is -2.27. The van der Waals surface area contributed by atoms with Crippen LogP contribution in [-0.4, -0.2) is 40.2 Å². The van der Waals surface area contributed by atoms with Crippen molar-refractivity contribution < 1.29 is 24.0 Å². The highest BCUT2D eigenvalue weighted by molar-refractivity contribution is 6.24. The van der Waals surface area contributed by atoms with Gasteiger partial charge in [-0.2, -0.15) is 0 Å². The van der Waals surface area contributed by atoms with Gasteiger partial charge in [0.2, 0.25) is 5.91 Å². The number of hydrogen-bond acceptors (Lipinski definition) is 5. The number of imide groups is 1. The Balaban J connectivity index is 1.49. The molecule has 31 heavy (non-hydrogen) atoms. The number of benzene rings is 2. The number of carbonyl (C=O) groups is 5. The molecule has 0 radical (unpaired) electrons. The number of ketones is 2. The molecule has 4 rings (SSSR count). The Hall–Kier alpha value is -3.61. The van der Waals surface area contributed by atoms with Crippen molar-refractivity contribution in [1.82, 2.24) is 10.2 Å². The molecule has 3 amide bonds. The van der Waals surface area contributed by atoms with Gasteiger partial charge in [-0.25, -0.2) is 0 Å². The third-order valence-electron chi connectivity index (χ3n) is 5.75. The van der Waals surface area contributed by atoms with Crippen molar-refractivity contribution in [2.24, 2.45) is 0 Å². The Bertz CT molecular complexity index is 1100. The molecule has 0 aromatic heterocycles. The van der Waals surface area contributed by atoms with E-state index in [9.17, 15) is 24.0 Å². The maximum Gasteiger partial charge on any atom is 0.262 e. The van der Waals surface area contributed by atoms with Crippen molar-refractivity contribution in [3.05, 3.63) is 70.3 Å². The van der Waals surface area contributed by atoms with E-state index in [-0.39, 0.29) is 55.0 Å². The molecule has 1 atom stereocenters. The van der Waals surface area contributed by atoms with Crippen molar-refractivity contribution >= 4 is 29.3 Å². The van der Waals surface area contributed by atoms with E-state index in [2.05, 4.69) is 5.32 Å². The molecule has 0 bridgehead atoms. The van der Waals surface area contributed by atoms with E-state index in [0.717, 1.165) is 16.0 Å². The number of amides is 3. The number of nitrogens with one attached hydrogen (secondary N) is 1. The number of fused-ring (bicyclic) bond motifs is 1. The van der Waals surface area contributed by atoms with Crippen LogP contribution < -0.4 is 5.32 Å². The molecule has 1 N–H and O–H groups in total. The van der Waals surface area contributed by atoms with E-state index in [1.165, 1.54) is 0 Å². The fraction of sp³-hybridized carbons (Fsp3) is 0.292. The first-order valence-electron chi connectivity index (χ1n) is 10.2. The number of aryl methyl sites for hydroxylation is 1. The van der Waals surface area contributed by atoms with Gasteiger partial charge in [0.05, 0.1) is 30.0 Å². The van der Waals surface area contributed by atoms with Crippen LogP contribution in [0.2, 0.25) is 0 Å². The van der Waals surface area contributed by atoms with Crippen LogP contribution in [0, 0.1) is 6.92 Å². The van der Waals surface area contributed by atoms with Gasteiger partial charge in [0.25, 0.3) is 11.8 Å². The molecule has 2 aliphatic rings. The molecule has 1 heterocycles. The highest BCUT2D eigenvalue weighted by atomic mass is 16.2. The lowest BCUT2D eigenvalue weighted by Crippen LogP contribution is -2.47. The number of carbonyl (C=O) groups excluding carboxylic acids is 5. The highest BCUT2D eigenvalue weighted by Gasteiger charge is 2.45. The van der Waals surface area contributed by atoms with Crippen LogP contribution in [0.5, 0.6) is 0 Å². The zero-order chi connectivity index (χ0) is 22.1. The zero-order valence-electron chi connectivity index (χ0n) is 17.1. The van der Waals surface area contributed by atoms with Gasteiger partial charge >= 0.3 is 0 Å². The van der Waals surface area contributed by atoms with Crippen molar-refractivity contribution in [2.45, 2.75) is 45.2 Å². The Morgan fingerprint density at radius 1 is 1.03 bits per heavy atom. The third kappa shape index (κ3) is 4.03. The summed E-state index contributed by atoms with van der Waals surface area (Å²) in [5.41, 5.74) is 2.95. The number of rotatable bonds is 5. The highest BCUT2D eigenvalue weighted by Crippen LogP contribution is 2.31. The van der Waals surface area contributed by atoms with Gasteiger partial charge in [0.15, 0.2) is 5.78 Å². The van der Waals surface area contributed by atoms with Gasteiger partial charge in [0.1, 0.15) is 5.78 Å². The van der Waals surface area contributed by atoms with Crippen LogP contribution >= 0.6 is 0 Å². The van der Waals surface area contributed by atoms with Gasteiger partial charge < -0.3 is 5.32 Å². The molecule has 1 aliphatic carbocycles. The molecule has 2 aromatic rings. The normalized spacial score (nSPS) is 18.4. The van der Waals surface area contributed by atoms with Crippen molar-refractivity contribution in [2.75, 3.05) is 0 Å². The van der Waals surface area contributed by atoms with Gasteiger partial charge in [0, 0.05) is 13.0 Å². The lowest BCUT2D eigenvalue weighted by molar-refractivity contribution is -0.132. The molecule has 1 aliphatic heterocycles. The second-order valence-corrected chi connectivity index (χ2v) is 8.00. The SMILES string of the molecule is Cc1ccc(CC(=O)NCc2cccc3c2C(=O)N(C2CCC(=O)CC2=O)C3=O)cc1. The summed E-state index contributed by atoms with van der Waals surface area (Å²) in [6, 6.07) is 11.6. The predicted octanol–water partition coefficient (Wildman–Crippen LogP) is 2.14. The topological polar surface area (TPSA) is 101 Å². The molecule has 2 aromatic carbocycles. The van der Waals surface area contributed by atoms with E-state index < -0.39 is 23.6 Å². The van der Waals surface area contributed by atoms with Gasteiger partial charge in [-0.15, -0.1) is 0 Å². The zero-order valence-corrected chi connectivity index (χ0v) is 17.1. The van der Waals surface area contributed by atoms with Crippen LogP contribution in [0.25, 0.3) is 0 Å². The van der Waals surface area contributed by atoms with Gasteiger partial charge in [-0.05, 0) is 30.5 Å².